The number of amides is 1. The molecule has 5 heteroatoms. The highest BCUT2D eigenvalue weighted by Gasteiger charge is 2.33. The van der Waals surface area contributed by atoms with Gasteiger partial charge >= 0.3 is 5.97 Å². The van der Waals surface area contributed by atoms with E-state index in [2.05, 4.69) is 0 Å². The number of benzene rings is 1. The van der Waals surface area contributed by atoms with Gasteiger partial charge in [-0.2, -0.15) is 0 Å². The average Bonchev–Trinajstić information content (AvgIpc) is 2.48. The van der Waals surface area contributed by atoms with Gasteiger partial charge in [0.1, 0.15) is 11.8 Å². The number of phenolic OH excluding ortho intramolecular Hbond substituents is 1. The third kappa shape index (κ3) is 2.61. The van der Waals surface area contributed by atoms with Crippen LogP contribution in [0.2, 0.25) is 0 Å². The molecule has 108 valence electrons. The number of hydrogen-bond acceptors (Lipinski definition) is 4. The second kappa shape index (κ2) is 5.94. The van der Waals surface area contributed by atoms with Gasteiger partial charge in [0.15, 0.2) is 0 Å². The molecule has 1 aromatic carbocycles. The summed E-state index contributed by atoms with van der Waals surface area (Å²) in [6.07, 6.45) is 2.40. The zero-order valence-electron chi connectivity index (χ0n) is 11.8. The third-order valence-corrected chi connectivity index (χ3v) is 3.77. The maximum absolute atomic E-state index is 12.6. The summed E-state index contributed by atoms with van der Waals surface area (Å²) < 4.78 is 4.78. The van der Waals surface area contributed by atoms with Crippen LogP contribution in [0.1, 0.15) is 35.2 Å². The van der Waals surface area contributed by atoms with Crippen LogP contribution in [-0.2, 0) is 9.53 Å². The Balaban J connectivity index is 2.30. The zero-order chi connectivity index (χ0) is 14.7. The fourth-order valence-corrected chi connectivity index (χ4v) is 2.57. The predicted molar refractivity (Wildman–Crippen MR) is 73.5 cm³/mol. The standard InChI is InChI=1S/C15H19NO4/c1-10-11(6-5-8-13(10)17)14(18)16-9-4-3-7-12(16)15(19)20-2/h5-6,8,12,17H,3-4,7,9H2,1-2H3. The molecule has 0 aromatic heterocycles. The number of carbonyl (C=O) groups excluding carboxylic acids is 2. The van der Waals surface area contributed by atoms with Gasteiger partial charge in [0.05, 0.1) is 7.11 Å². The molecule has 1 aliphatic rings. The molecule has 2 rings (SSSR count). The molecule has 0 spiro atoms. The Labute approximate surface area is 118 Å². The molecule has 1 unspecified atom stereocenters. The van der Waals surface area contributed by atoms with Gasteiger partial charge in [0.25, 0.3) is 5.91 Å². The van der Waals surface area contributed by atoms with Gasteiger partial charge in [-0.15, -0.1) is 0 Å². The van der Waals surface area contributed by atoms with E-state index in [0.29, 0.717) is 24.1 Å². The molecule has 1 amide bonds. The summed E-state index contributed by atoms with van der Waals surface area (Å²) in [5.74, 6) is -0.521. The predicted octanol–water partition coefficient (Wildman–Crippen LogP) is 1.87. The quantitative estimate of drug-likeness (QED) is 0.838. The molecule has 5 nitrogen and oxygen atoms in total. The maximum Gasteiger partial charge on any atom is 0.328 e. The van der Waals surface area contributed by atoms with Crippen molar-refractivity contribution in [2.45, 2.75) is 32.2 Å². The summed E-state index contributed by atoms with van der Waals surface area (Å²) in [5, 5.41) is 9.71. The first-order valence-corrected chi connectivity index (χ1v) is 6.73. The summed E-state index contributed by atoms with van der Waals surface area (Å²) >= 11 is 0. The van der Waals surface area contributed by atoms with Crippen molar-refractivity contribution in [2.75, 3.05) is 13.7 Å². The van der Waals surface area contributed by atoms with Crippen molar-refractivity contribution in [3.63, 3.8) is 0 Å². The number of aromatic hydroxyl groups is 1. The lowest BCUT2D eigenvalue weighted by Crippen LogP contribution is -2.48. The number of piperidine rings is 1. The minimum Gasteiger partial charge on any atom is -0.508 e. The summed E-state index contributed by atoms with van der Waals surface area (Å²) in [7, 11) is 1.33. The number of likely N-dealkylation sites (tertiary alicyclic amines) is 1. The Morgan fingerprint density at radius 1 is 1.35 bits per heavy atom. The first kappa shape index (κ1) is 14.4. The lowest BCUT2D eigenvalue weighted by atomic mass is 9.99. The van der Waals surface area contributed by atoms with Gasteiger partial charge in [-0.3, -0.25) is 4.79 Å². The first-order valence-electron chi connectivity index (χ1n) is 6.73. The molecule has 1 aromatic rings. The second-order valence-corrected chi connectivity index (χ2v) is 4.98. The molecule has 1 aliphatic heterocycles. The van der Waals surface area contributed by atoms with E-state index < -0.39 is 6.04 Å². The molecule has 1 atom stereocenters. The van der Waals surface area contributed by atoms with Crippen LogP contribution in [0, 0.1) is 6.92 Å². The van der Waals surface area contributed by atoms with E-state index in [1.807, 2.05) is 0 Å². The van der Waals surface area contributed by atoms with E-state index in [1.165, 1.54) is 7.11 Å². The molecule has 1 N–H and O–H groups in total. The average molecular weight is 277 g/mol. The van der Waals surface area contributed by atoms with Crippen molar-refractivity contribution >= 4 is 11.9 Å². The summed E-state index contributed by atoms with van der Waals surface area (Å²) in [4.78, 5) is 26.0. The molecule has 0 aliphatic carbocycles. The Hall–Kier alpha value is -2.04. The number of ether oxygens (including phenoxy) is 1. The molecule has 0 bridgehead atoms. The van der Waals surface area contributed by atoms with Crippen molar-refractivity contribution in [3.8, 4) is 5.75 Å². The molecule has 1 fully saturated rings. The van der Waals surface area contributed by atoms with Gasteiger partial charge < -0.3 is 14.7 Å². The Bertz CT molecular complexity index is 527. The van der Waals surface area contributed by atoms with Crippen LogP contribution in [0.5, 0.6) is 5.75 Å². The van der Waals surface area contributed by atoms with E-state index in [1.54, 1.807) is 30.0 Å². The summed E-state index contributed by atoms with van der Waals surface area (Å²) in [6.45, 7) is 2.23. The van der Waals surface area contributed by atoms with Crippen molar-refractivity contribution in [2.24, 2.45) is 0 Å². The lowest BCUT2D eigenvalue weighted by Gasteiger charge is -2.34. The van der Waals surface area contributed by atoms with Crippen LogP contribution in [0.25, 0.3) is 0 Å². The molecular formula is C15H19NO4. The molecular weight excluding hydrogens is 258 g/mol. The number of nitrogens with zero attached hydrogens (tertiary/aromatic N) is 1. The fourth-order valence-electron chi connectivity index (χ4n) is 2.57. The number of methoxy groups -OCH3 is 1. The van der Waals surface area contributed by atoms with Crippen molar-refractivity contribution in [1.29, 1.82) is 0 Å². The highest BCUT2D eigenvalue weighted by atomic mass is 16.5. The van der Waals surface area contributed by atoms with Crippen LogP contribution in [0.3, 0.4) is 0 Å². The van der Waals surface area contributed by atoms with Gasteiger partial charge in [-0.25, -0.2) is 4.79 Å². The van der Waals surface area contributed by atoms with Crippen LogP contribution >= 0.6 is 0 Å². The van der Waals surface area contributed by atoms with Crippen LogP contribution in [-0.4, -0.2) is 41.6 Å². The topological polar surface area (TPSA) is 66.8 Å². The molecule has 1 heterocycles. The highest BCUT2D eigenvalue weighted by Crippen LogP contribution is 2.25. The van der Waals surface area contributed by atoms with Crippen molar-refractivity contribution in [1.82, 2.24) is 4.90 Å². The second-order valence-electron chi connectivity index (χ2n) is 4.98. The lowest BCUT2D eigenvalue weighted by molar-refractivity contribution is -0.147. The molecule has 20 heavy (non-hydrogen) atoms. The Morgan fingerprint density at radius 2 is 2.10 bits per heavy atom. The highest BCUT2D eigenvalue weighted by molar-refractivity contribution is 5.98. The first-order chi connectivity index (χ1) is 9.56. The van der Waals surface area contributed by atoms with Crippen LogP contribution < -0.4 is 0 Å². The third-order valence-electron chi connectivity index (χ3n) is 3.77. The monoisotopic (exact) mass is 277 g/mol. The number of esters is 1. The Morgan fingerprint density at radius 3 is 2.80 bits per heavy atom. The van der Waals surface area contributed by atoms with E-state index in [0.717, 1.165) is 12.8 Å². The molecule has 0 saturated carbocycles. The number of hydrogen-bond donors (Lipinski definition) is 1. The number of rotatable bonds is 2. The van der Waals surface area contributed by atoms with Crippen LogP contribution in [0.15, 0.2) is 18.2 Å². The van der Waals surface area contributed by atoms with Crippen molar-refractivity contribution < 1.29 is 19.4 Å². The van der Waals surface area contributed by atoms with Gasteiger partial charge in [-0.1, -0.05) is 6.07 Å². The Kier molecular flexibility index (Phi) is 4.27. The molecule has 0 radical (unpaired) electrons. The van der Waals surface area contributed by atoms with Gasteiger partial charge in [-0.05, 0) is 38.3 Å². The number of phenols is 1. The fraction of sp³-hybridized carbons (Fsp3) is 0.467. The molecule has 1 saturated heterocycles. The SMILES string of the molecule is COC(=O)C1CCCCN1C(=O)c1cccc(O)c1C. The number of carbonyl (C=O) groups is 2. The van der Waals surface area contributed by atoms with E-state index >= 15 is 0 Å². The van der Waals surface area contributed by atoms with E-state index in [9.17, 15) is 14.7 Å². The summed E-state index contributed by atoms with van der Waals surface area (Å²) in [5.41, 5.74) is 0.965. The van der Waals surface area contributed by atoms with Gasteiger partial charge in [0, 0.05) is 17.7 Å². The largest absolute Gasteiger partial charge is 0.508 e. The summed E-state index contributed by atoms with van der Waals surface area (Å²) in [6, 6.07) is 4.32. The maximum atomic E-state index is 12.6. The smallest absolute Gasteiger partial charge is 0.328 e. The minimum atomic E-state index is -0.525. The minimum absolute atomic E-state index is 0.0856. The normalized spacial score (nSPS) is 18.7. The zero-order valence-corrected chi connectivity index (χ0v) is 11.8. The van der Waals surface area contributed by atoms with Gasteiger partial charge in [0.2, 0.25) is 0 Å². The van der Waals surface area contributed by atoms with E-state index in [4.69, 9.17) is 4.74 Å². The van der Waals surface area contributed by atoms with E-state index in [-0.39, 0.29) is 17.6 Å². The van der Waals surface area contributed by atoms with Crippen molar-refractivity contribution in [3.05, 3.63) is 29.3 Å². The van der Waals surface area contributed by atoms with Crippen LogP contribution in [0.4, 0.5) is 0 Å².